The van der Waals surface area contributed by atoms with E-state index in [-0.39, 0.29) is 0 Å². The Morgan fingerprint density at radius 1 is 1.47 bits per heavy atom. The number of benzene rings is 1. The highest BCUT2D eigenvalue weighted by Gasteiger charge is 2.32. The van der Waals surface area contributed by atoms with E-state index in [1.807, 2.05) is 26.0 Å². The van der Waals surface area contributed by atoms with E-state index in [1.165, 1.54) is 15.0 Å². The van der Waals surface area contributed by atoms with Gasteiger partial charge < -0.3 is 10.8 Å². The third kappa shape index (κ3) is 3.29. The molecule has 102 valence electrons. The summed E-state index contributed by atoms with van der Waals surface area (Å²) in [5.74, 6) is -0.165. The number of hydrogen-bond acceptors (Lipinski definition) is 4. The second-order valence-electron chi connectivity index (χ2n) is 4.96. The normalized spacial score (nSPS) is 13.6. The van der Waals surface area contributed by atoms with Crippen molar-refractivity contribution in [2.75, 3.05) is 0 Å². The first kappa shape index (κ1) is 14.4. The molecule has 0 saturated heterocycles. The van der Waals surface area contributed by atoms with Gasteiger partial charge in [-0.15, -0.1) is 23.1 Å². The first-order valence-corrected chi connectivity index (χ1v) is 7.80. The fraction of sp³-hybridized carbons (Fsp3) is 0.357. The van der Waals surface area contributed by atoms with Gasteiger partial charge in [-0.2, -0.15) is 0 Å². The molecule has 1 aromatic heterocycles. The molecule has 0 bridgehead atoms. The highest BCUT2D eigenvalue weighted by Crippen LogP contribution is 2.34. The van der Waals surface area contributed by atoms with Gasteiger partial charge in [0.1, 0.15) is 6.04 Å². The Hall–Kier alpha value is -1.04. The number of hydrogen-bond donors (Lipinski definition) is 2. The van der Waals surface area contributed by atoms with Gasteiger partial charge in [0.15, 0.2) is 0 Å². The maximum Gasteiger partial charge on any atom is 0.321 e. The summed E-state index contributed by atoms with van der Waals surface area (Å²) in [6.07, 6.45) is 0. The Morgan fingerprint density at radius 2 is 2.16 bits per heavy atom. The maximum absolute atomic E-state index is 11.0. The van der Waals surface area contributed by atoms with Gasteiger partial charge in [0.25, 0.3) is 0 Å². The third-order valence-electron chi connectivity index (χ3n) is 3.08. The van der Waals surface area contributed by atoms with Crippen LogP contribution in [0.25, 0.3) is 10.1 Å². The number of thiophene rings is 1. The van der Waals surface area contributed by atoms with Crippen molar-refractivity contribution in [3.05, 3.63) is 35.2 Å². The molecule has 1 heterocycles. The van der Waals surface area contributed by atoms with Crippen LogP contribution in [0.5, 0.6) is 0 Å². The van der Waals surface area contributed by atoms with Crippen molar-refractivity contribution in [1.82, 2.24) is 0 Å². The van der Waals surface area contributed by atoms with E-state index >= 15 is 0 Å². The van der Waals surface area contributed by atoms with Gasteiger partial charge in [0.05, 0.1) is 0 Å². The van der Waals surface area contributed by atoms with Gasteiger partial charge in [0.2, 0.25) is 0 Å². The summed E-state index contributed by atoms with van der Waals surface area (Å²) in [6.45, 7) is 3.76. The van der Waals surface area contributed by atoms with E-state index in [2.05, 4.69) is 18.2 Å². The Bertz CT molecular complexity index is 559. The molecule has 1 atom stereocenters. The Kier molecular flexibility index (Phi) is 4.18. The van der Waals surface area contributed by atoms with E-state index in [0.717, 1.165) is 5.75 Å². The molecule has 0 aliphatic carbocycles. The van der Waals surface area contributed by atoms with Gasteiger partial charge in [-0.25, -0.2) is 0 Å². The molecule has 0 amide bonds. The summed E-state index contributed by atoms with van der Waals surface area (Å²) in [5, 5.41) is 10.2. The fourth-order valence-electron chi connectivity index (χ4n) is 1.75. The summed E-state index contributed by atoms with van der Waals surface area (Å²) >= 11 is 3.34. The van der Waals surface area contributed by atoms with Crippen LogP contribution < -0.4 is 5.73 Å². The molecule has 0 aliphatic heterocycles. The van der Waals surface area contributed by atoms with Crippen LogP contribution in [0, 0.1) is 0 Å². The van der Waals surface area contributed by atoms with Crippen molar-refractivity contribution in [1.29, 1.82) is 0 Å². The van der Waals surface area contributed by atoms with Crippen molar-refractivity contribution in [2.24, 2.45) is 5.73 Å². The molecule has 1 aromatic carbocycles. The largest absolute Gasteiger partial charge is 0.480 e. The number of nitrogens with two attached hydrogens (primary N) is 1. The highest BCUT2D eigenvalue weighted by molar-refractivity contribution is 8.00. The lowest BCUT2D eigenvalue weighted by Gasteiger charge is -2.27. The van der Waals surface area contributed by atoms with Crippen LogP contribution in [0.15, 0.2) is 30.3 Å². The second kappa shape index (κ2) is 5.53. The first-order valence-electron chi connectivity index (χ1n) is 6.00. The SMILES string of the molecule is CC(C)(SCc1cc2ccccc2s1)C(N)C(=O)O. The van der Waals surface area contributed by atoms with Crippen LogP contribution in [-0.4, -0.2) is 21.9 Å². The molecule has 2 aromatic rings. The first-order chi connectivity index (χ1) is 8.90. The van der Waals surface area contributed by atoms with Crippen LogP contribution in [0.4, 0.5) is 0 Å². The topological polar surface area (TPSA) is 63.3 Å². The number of carbonyl (C=O) groups is 1. The standard InChI is InChI=1S/C14H17NO2S2/c1-14(2,12(15)13(16)17)18-8-10-7-9-5-3-4-6-11(9)19-10/h3-7,12H,8,15H2,1-2H3,(H,16,17). The van der Waals surface area contributed by atoms with Crippen LogP contribution >= 0.6 is 23.1 Å². The monoisotopic (exact) mass is 295 g/mol. The number of aliphatic carboxylic acids is 1. The van der Waals surface area contributed by atoms with Crippen LogP contribution in [-0.2, 0) is 10.5 Å². The molecule has 0 saturated carbocycles. The van der Waals surface area contributed by atoms with Gasteiger partial charge in [-0.3, -0.25) is 4.79 Å². The second-order valence-corrected chi connectivity index (χ2v) is 7.76. The summed E-state index contributed by atoms with van der Waals surface area (Å²) in [4.78, 5) is 12.2. The van der Waals surface area contributed by atoms with Crippen molar-refractivity contribution in [2.45, 2.75) is 30.4 Å². The smallest absolute Gasteiger partial charge is 0.321 e. The number of fused-ring (bicyclic) bond motifs is 1. The molecule has 5 heteroatoms. The van der Waals surface area contributed by atoms with Crippen molar-refractivity contribution in [3.63, 3.8) is 0 Å². The van der Waals surface area contributed by atoms with Crippen molar-refractivity contribution >= 4 is 39.2 Å². The zero-order valence-electron chi connectivity index (χ0n) is 10.9. The molecular weight excluding hydrogens is 278 g/mol. The molecule has 2 rings (SSSR count). The van der Waals surface area contributed by atoms with Gasteiger partial charge >= 0.3 is 5.97 Å². The Balaban J connectivity index is 2.07. The van der Waals surface area contributed by atoms with Gasteiger partial charge in [-0.1, -0.05) is 18.2 Å². The molecular formula is C14H17NO2S2. The van der Waals surface area contributed by atoms with E-state index in [4.69, 9.17) is 10.8 Å². The fourth-order valence-corrected chi connectivity index (χ4v) is 3.90. The molecule has 0 spiro atoms. The van der Waals surface area contributed by atoms with Gasteiger partial charge in [-0.05, 0) is 31.4 Å². The number of thioether (sulfide) groups is 1. The highest BCUT2D eigenvalue weighted by atomic mass is 32.2. The minimum atomic E-state index is -0.950. The average Bonchev–Trinajstić information content (AvgIpc) is 2.78. The molecule has 0 radical (unpaired) electrons. The molecule has 1 unspecified atom stereocenters. The minimum absolute atomic E-state index is 0.484. The Labute approximate surface area is 120 Å². The molecule has 0 fully saturated rings. The zero-order chi connectivity index (χ0) is 14.0. The van der Waals surface area contributed by atoms with Crippen LogP contribution in [0.2, 0.25) is 0 Å². The van der Waals surface area contributed by atoms with E-state index in [1.54, 1.807) is 23.1 Å². The zero-order valence-corrected chi connectivity index (χ0v) is 12.6. The quantitative estimate of drug-likeness (QED) is 0.888. The van der Waals surface area contributed by atoms with Crippen LogP contribution in [0.3, 0.4) is 0 Å². The lowest BCUT2D eigenvalue weighted by Crippen LogP contribution is -2.46. The summed E-state index contributed by atoms with van der Waals surface area (Å²) < 4.78 is 0.778. The maximum atomic E-state index is 11.0. The van der Waals surface area contributed by atoms with Crippen molar-refractivity contribution in [3.8, 4) is 0 Å². The predicted molar refractivity (Wildman–Crippen MR) is 82.8 cm³/mol. The lowest BCUT2D eigenvalue weighted by atomic mass is 10.1. The minimum Gasteiger partial charge on any atom is -0.480 e. The average molecular weight is 295 g/mol. The number of carboxylic acids is 1. The van der Waals surface area contributed by atoms with E-state index < -0.39 is 16.8 Å². The molecule has 3 N–H and O–H groups in total. The molecule has 3 nitrogen and oxygen atoms in total. The number of rotatable bonds is 5. The Morgan fingerprint density at radius 3 is 2.79 bits per heavy atom. The number of carboxylic acid groups (broad SMARTS) is 1. The van der Waals surface area contributed by atoms with E-state index in [0.29, 0.717) is 0 Å². The predicted octanol–water partition coefficient (Wildman–Crippen LogP) is 3.33. The lowest BCUT2D eigenvalue weighted by molar-refractivity contribution is -0.139. The molecule has 0 aliphatic rings. The molecule has 19 heavy (non-hydrogen) atoms. The third-order valence-corrected chi connectivity index (χ3v) is 5.83. The summed E-state index contributed by atoms with van der Waals surface area (Å²) in [7, 11) is 0. The van der Waals surface area contributed by atoms with Gasteiger partial charge in [0, 0.05) is 20.1 Å². The summed E-state index contributed by atoms with van der Waals surface area (Å²) in [6, 6.07) is 9.55. The van der Waals surface area contributed by atoms with Crippen molar-refractivity contribution < 1.29 is 9.90 Å². The summed E-state index contributed by atoms with van der Waals surface area (Å²) in [5.41, 5.74) is 5.72. The van der Waals surface area contributed by atoms with E-state index in [9.17, 15) is 4.79 Å². The van der Waals surface area contributed by atoms with Crippen LogP contribution in [0.1, 0.15) is 18.7 Å².